The van der Waals surface area contributed by atoms with Gasteiger partial charge in [-0.1, -0.05) is 6.58 Å². The number of rotatable bonds is 1. The molecule has 0 saturated carbocycles. The molecule has 0 heterocycles. The Hall–Kier alpha value is 1.25. The minimum Gasteiger partial charge on any atom is -0.745 e. The summed E-state index contributed by atoms with van der Waals surface area (Å²) in [5.41, 5.74) is 0. The normalized spacial score (nSPS) is 8.12. The minimum atomic E-state index is -4.15. The average Bonchev–Trinajstić information content (AvgIpc) is 1.35. The molecule has 0 bridgehead atoms. The summed E-state index contributed by atoms with van der Waals surface area (Å²) in [5.74, 6) is 0. The van der Waals surface area contributed by atoms with Gasteiger partial charge in [0.1, 0.15) is 10.1 Å². The molecule has 0 fully saturated rings. The molecule has 0 aliphatic carbocycles. The summed E-state index contributed by atoms with van der Waals surface area (Å²) in [7, 11) is -4.15. The predicted molar refractivity (Wildman–Crippen MR) is 23.5 cm³/mol. The van der Waals surface area contributed by atoms with Gasteiger partial charge in [0.2, 0.25) is 0 Å². The molecule has 44 valence electrons. The van der Waals surface area contributed by atoms with Crippen LogP contribution in [0.1, 0.15) is 0 Å². The van der Waals surface area contributed by atoms with Gasteiger partial charge in [0.15, 0.2) is 0 Å². The van der Waals surface area contributed by atoms with E-state index in [2.05, 4.69) is 6.58 Å². The van der Waals surface area contributed by atoms with Crippen LogP contribution in [0.25, 0.3) is 0 Å². The maximum atomic E-state index is 9.33. The zero-order valence-electron chi connectivity index (χ0n) is 4.42. The molecule has 6 heteroatoms. The molecule has 0 aromatic heterocycles. The standard InChI is InChI=1S/C2H4O3S.K.H2O/c1-2-6(3,4)5;;/h2H,1H2,(H,3,4,5);;1H2/q;+1;/p-1. The van der Waals surface area contributed by atoms with Gasteiger partial charge in [-0.05, 0) is 0 Å². The van der Waals surface area contributed by atoms with Gasteiger partial charge in [-0.25, -0.2) is 8.42 Å². The van der Waals surface area contributed by atoms with E-state index >= 15 is 0 Å². The summed E-state index contributed by atoms with van der Waals surface area (Å²) in [4.78, 5) is 0. The summed E-state index contributed by atoms with van der Waals surface area (Å²) < 4.78 is 28.0. The van der Waals surface area contributed by atoms with Crippen LogP contribution in [-0.4, -0.2) is 18.4 Å². The molecule has 0 rings (SSSR count). The molecule has 0 spiro atoms. The van der Waals surface area contributed by atoms with Gasteiger partial charge >= 0.3 is 51.4 Å². The van der Waals surface area contributed by atoms with Crippen LogP contribution in [0.3, 0.4) is 0 Å². The summed E-state index contributed by atoms with van der Waals surface area (Å²) in [5, 5.41) is 0.354. The minimum absolute atomic E-state index is 0. The van der Waals surface area contributed by atoms with Gasteiger partial charge in [0.05, 0.1) is 0 Å². The van der Waals surface area contributed by atoms with Crippen LogP contribution in [0.15, 0.2) is 12.0 Å². The van der Waals surface area contributed by atoms with Crippen molar-refractivity contribution in [2.45, 2.75) is 0 Å². The largest absolute Gasteiger partial charge is 1.00 e. The van der Waals surface area contributed by atoms with Gasteiger partial charge in [0, 0.05) is 5.41 Å². The summed E-state index contributed by atoms with van der Waals surface area (Å²) in [6, 6.07) is 0. The van der Waals surface area contributed by atoms with Crippen LogP contribution < -0.4 is 51.4 Å². The van der Waals surface area contributed by atoms with Crippen LogP contribution in [0.2, 0.25) is 0 Å². The first-order valence-electron chi connectivity index (χ1n) is 1.14. The van der Waals surface area contributed by atoms with Crippen molar-refractivity contribution in [3.63, 3.8) is 0 Å². The molecule has 0 aliphatic rings. The Morgan fingerprint density at radius 1 is 1.50 bits per heavy atom. The molecule has 8 heavy (non-hydrogen) atoms. The van der Waals surface area contributed by atoms with E-state index in [1.54, 1.807) is 0 Å². The molecule has 0 unspecified atom stereocenters. The van der Waals surface area contributed by atoms with Crippen molar-refractivity contribution in [3.8, 4) is 0 Å². The summed E-state index contributed by atoms with van der Waals surface area (Å²) >= 11 is 0. The van der Waals surface area contributed by atoms with Gasteiger partial charge in [-0.3, -0.25) is 0 Å². The van der Waals surface area contributed by atoms with E-state index in [4.69, 9.17) is 0 Å². The molecule has 2 N–H and O–H groups in total. The van der Waals surface area contributed by atoms with Crippen molar-refractivity contribution in [2.75, 3.05) is 0 Å². The SMILES string of the molecule is C=CS(=O)(=O)[O-].O.[K+]. The Balaban J connectivity index is -0.000000125. The summed E-state index contributed by atoms with van der Waals surface area (Å²) in [6.07, 6.45) is 0. The second-order valence-electron chi connectivity index (χ2n) is 0.659. The molecule has 0 saturated heterocycles. The van der Waals surface area contributed by atoms with E-state index < -0.39 is 10.1 Å². The molecule has 0 radical (unpaired) electrons. The van der Waals surface area contributed by atoms with Crippen molar-refractivity contribution < 1.29 is 69.8 Å². The van der Waals surface area contributed by atoms with Crippen LogP contribution >= 0.6 is 0 Å². The average molecular weight is 164 g/mol. The van der Waals surface area contributed by atoms with Crippen LogP contribution in [0, 0.1) is 0 Å². The van der Waals surface area contributed by atoms with E-state index in [9.17, 15) is 13.0 Å². The topological polar surface area (TPSA) is 88.7 Å². The van der Waals surface area contributed by atoms with Crippen molar-refractivity contribution in [1.82, 2.24) is 0 Å². The summed E-state index contributed by atoms with van der Waals surface area (Å²) in [6.45, 7) is 2.73. The number of hydrogen-bond donors (Lipinski definition) is 0. The van der Waals surface area contributed by atoms with Crippen molar-refractivity contribution >= 4 is 10.1 Å². The molecular weight excluding hydrogens is 159 g/mol. The first kappa shape index (κ1) is 16.1. The predicted octanol–water partition coefficient (Wildman–Crippen LogP) is -4.15. The Morgan fingerprint density at radius 2 is 1.62 bits per heavy atom. The molecule has 0 aromatic rings. The zero-order valence-corrected chi connectivity index (χ0v) is 8.36. The zero-order chi connectivity index (χ0) is 5.21. The molecule has 0 amide bonds. The van der Waals surface area contributed by atoms with Crippen LogP contribution in [-0.2, 0) is 10.1 Å². The van der Waals surface area contributed by atoms with Crippen LogP contribution in [0.4, 0.5) is 0 Å². The van der Waals surface area contributed by atoms with Crippen LogP contribution in [0.5, 0.6) is 0 Å². The van der Waals surface area contributed by atoms with Gasteiger partial charge in [0.25, 0.3) is 0 Å². The fourth-order valence-corrected chi connectivity index (χ4v) is 0. The van der Waals surface area contributed by atoms with E-state index in [0.29, 0.717) is 5.41 Å². The van der Waals surface area contributed by atoms with Gasteiger partial charge < -0.3 is 10.0 Å². The third-order valence-corrected chi connectivity index (χ3v) is 0.612. The molecule has 0 aromatic carbocycles. The first-order chi connectivity index (χ1) is 2.56. The van der Waals surface area contributed by atoms with Gasteiger partial charge in [-0.2, -0.15) is 0 Å². The Morgan fingerprint density at radius 3 is 1.62 bits per heavy atom. The van der Waals surface area contributed by atoms with E-state index in [1.165, 1.54) is 0 Å². The second-order valence-corrected chi connectivity index (χ2v) is 1.98. The van der Waals surface area contributed by atoms with Crippen molar-refractivity contribution in [2.24, 2.45) is 0 Å². The quantitative estimate of drug-likeness (QED) is 0.291. The fourth-order valence-electron chi connectivity index (χ4n) is 0. The third kappa shape index (κ3) is 15.7. The molecule has 4 nitrogen and oxygen atoms in total. The molecule has 0 aliphatic heterocycles. The van der Waals surface area contributed by atoms with Crippen molar-refractivity contribution in [1.29, 1.82) is 0 Å². The Kier molecular flexibility index (Phi) is 12.8. The fraction of sp³-hybridized carbons (Fsp3) is 0. The van der Waals surface area contributed by atoms with E-state index in [-0.39, 0.29) is 56.9 Å². The third-order valence-electron chi connectivity index (χ3n) is 0.204. The molecule has 0 atom stereocenters. The van der Waals surface area contributed by atoms with Gasteiger partial charge in [-0.15, -0.1) is 0 Å². The van der Waals surface area contributed by atoms with Crippen molar-refractivity contribution in [3.05, 3.63) is 12.0 Å². The molecular formula is C2H5KO4S. The number of hydrogen-bond acceptors (Lipinski definition) is 3. The maximum Gasteiger partial charge on any atom is 1.00 e. The first-order valence-corrected chi connectivity index (χ1v) is 2.62. The van der Waals surface area contributed by atoms with E-state index in [0.717, 1.165) is 0 Å². The second kappa shape index (κ2) is 6.37. The Bertz CT molecular complexity index is 125. The monoisotopic (exact) mass is 164 g/mol. The maximum absolute atomic E-state index is 9.33. The van der Waals surface area contributed by atoms with E-state index in [1.807, 2.05) is 0 Å². The smallest absolute Gasteiger partial charge is 0.745 e. The Labute approximate surface area is 90.4 Å².